The van der Waals surface area contributed by atoms with Gasteiger partial charge in [-0.1, -0.05) is 47.6 Å². The van der Waals surface area contributed by atoms with Crippen molar-refractivity contribution in [2.24, 2.45) is 22.7 Å². The minimum absolute atomic E-state index is 0.0492. The first-order valence-corrected chi connectivity index (χ1v) is 19.3. The molecular weight excluding hydrogens is 682 g/mol. The Morgan fingerprint density at radius 1 is 1.04 bits per heavy atom. The summed E-state index contributed by atoms with van der Waals surface area (Å²) in [5, 5.41) is 5.88. The molecule has 2 N–H and O–H groups in total. The Morgan fingerprint density at radius 2 is 1.75 bits per heavy atom. The van der Waals surface area contributed by atoms with E-state index in [0.29, 0.717) is 31.2 Å². The molecule has 6 aliphatic rings. The molecule has 3 heterocycles. The highest BCUT2D eigenvalue weighted by Crippen LogP contribution is 2.65. The van der Waals surface area contributed by atoms with E-state index in [-0.39, 0.29) is 36.8 Å². The second-order valence-corrected chi connectivity index (χ2v) is 18.6. The quantitative estimate of drug-likeness (QED) is 0.356. The maximum atomic E-state index is 14.5. The number of rotatable bonds is 7. The smallest absolute Gasteiger partial charge is 0.444 e. The number of nitrogens with zero attached hydrogens (tertiary/aromatic N) is 2. The average Bonchev–Trinajstić information content (AvgIpc) is 3.64. The molecular formula is C39H58BFN4O8. The van der Waals surface area contributed by atoms with Crippen molar-refractivity contribution in [2.75, 3.05) is 13.1 Å². The molecule has 12 nitrogen and oxygen atoms in total. The predicted molar refractivity (Wildman–Crippen MR) is 196 cm³/mol. The number of fused-ring (bicyclic) bond motifs is 1. The van der Waals surface area contributed by atoms with Crippen LogP contribution in [0, 0.1) is 28.5 Å². The topological polar surface area (TPSA) is 136 Å². The summed E-state index contributed by atoms with van der Waals surface area (Å²) in [6, 6.07) is 2.48. The van der Waals surface area contributed by atoms with E-state index in [2.05, 4.69) is 31.4 Å². The van der Waals surface area contributed by atoms with E-state index in [9.17, 15) is 23.6 Å². The van der Waals surface area contributed by atoms with Crippen molar-refractivity contribution in [1.82, 2.24) is 20.4 Å². The van der Waals surface area contributed by atoms with E-state index >= 15 is 0 Å². The van der Waals surface area contributed by atoms with Crippen LogP contribution in [0.5, 0.6) is 0 Å². The van der Waals surface area contributed by atoms with Crippen LogP contribution in [0.3, 0.4) is 0 Å². The van der Waals surface area contributed by atoms with E-state index in [0.717, 1.165) is 24.0 Å². The Morgan fingerprint density at radius 3 is 2.40 bits per heavy atom. The molecule has 3 saturated carbocycles. The van der Waals surface area contributed by atoms with Crippen molar-refractivity contribution in [1.29, 1.82) is 0 Å². The number of carbonyl (C=O) groups is 4. The molecule has 8 atom stereocenters. The van der Waals surface area contributed by atoms with Gasteiger partial charge in [-0.05, 0) is 99.3 Å². The van der Waals surface area contributed by atoms with Crippen molar-refractivity contribution in [2.45, 2.75) is 149 Å². The number of carbonyl (C=O) groups excluding carboxylic acids is 4. The number of nitrogens with one attached hydrogen (secondary N) is 2. The molecule has 0 radical (unpaired) electrons. The average molecular weight is 741 g/mol. The lowest BCUT2D eigenvalue weighted by molar-refractivity contribution is -0.199. The first kappa shape index (κ1) is 39.3. The van der Waals surface area contributed by atoms with Crippen molar-refractivity contribution in [3.8, 4) is 0 Å². The second-order valence-electron chi connectivity index (χ2n) is 18.6. The SMILES string of the molecule is CC[C@H](NC(=O)[C@@H]1C[C@@H](OC(=O)N2CCc3cc(F)ccc3C2)CN1C(=O)[C@@H](NC(=O)OC(C)(C)C)C(C)(C)C)B1O[C@@H]2C[C@@H]3C[C@@H](C3(C)C)[C@]2(C)O1. The standard InChI is InChI=1S/C39H58BFN4O8/c1-11-30(40-52-29-18-24-17-28(38(24,8)9)39(29,10)53-40)42-32(46)27-19-26(50-35(49)44-15-14-22-16-25(41)13-12-23(22)20-44)21-45(27)33(47)31(36(2,3)4)43-34(48)51-37(5,6)7/h12-13,16,24,26-31H,11,14-15,17-21H2,1-10H3,(H,42,46)(H,43,48)/t24-,26+,27-,28-,29+,30-,31+,39-/m0/s1. The summed E-state index contributed by atoms with van der Waals surface area (Å²) in [5.41, 5.74) is -0.151. The van der Waals surface area contributed by atoms with E-state index in [4.69, 9.17) is 18.8 Å². The molecule has 0 unspecified atom stereocenters. The minimum atomic E-state index is -1.05. The minimum Gasteiger partial charge on any atom is -0.444 e. The van der Waals surface area contributed by atoms with Gasteiger partial charge in [0.1, 0.15) is 29.6 Å². The number of halogens is 1. The number of hydrogen-bond acceptors (Lipinski definition) is 8. The van der Waals surface area contributed by atoms with Gasteiger partial charge in [0.15, 0.2) is 0 Å². The molecule has 7 rings (SSSR count). The Labute approximate surface area is 313 Å². The Kier molecular flexibility index (Phi) is 10.4. The lowest BCUT2D eigenvalue weighted by Crippen LogP contribution is -2.65. The van der Waals surface area contributed by atoms with Gasteiger partial charge in [0.2, 0.25) is 11.8 Å². The highest BCUT2D eigenvalue weighted by Gasteiger charge is 2.68. The van der Waals surface area contributed by atoms with Crippen molar-refractivity contribution < 1.29 is 42.4 Å². The Hall–Kier alpha value is -3.39. The van der Waals surface area contributed by atoms with Crippen LogP contribution < -0.4 is 10.6 Å². The van der Waals surface area contributed by atoms with Crippen LogP contribution in [0.25, 0.3) is 0 Å². The highest BCUT2D eigenvalue weighted by molar-refractivity contribution is 6.47. The number of likely N-dealkylation sites (tertiary alicyclic amines) is 1. The summed E-state index contributed by atoms with van der Waals surface area (Å²) in [5.74, 6) is -0.776. The first-order chi connectivity index (χ1) is 24.6. The van der Waals surface area contributed by atoms with E-state index < -0.39 is 71.9 Å². The normalized spacial score (nSPS) is 30.0. The van der Waals surface area contributed by atoms with E-state index in [1.54, 1.807) is 31.7 Å². The molecule has 292 valence electrons. The summed E-state index contributed by atoms with van der Waals surface area (Å²) in [6.07, 6.45) is 0.902. The van der Waals surface area contributed by atoms with Crippen LogP contribution in [-0.4, -0.2) is 95.4 Å². The molecule has 0 aromatic heterocycles. The van der Waals surface area contributed by atoms with Gasteiger partial charge in [-0.15, -0.1) is 0 Å². The molecule has 5 fully saturated rings. The van der Waals surface area contributed by atoms with Crippen molar-refractivity contribution >= 4 is 31.1 Å². The van der Waals surface area contributed by atoms with E-state index in [1.807, 2.05) is 27.7 Å². The fraction of sp³-hybridized carbons (Fsp3) is 0.744. The van der Waals surface area contributed by atoms with Crippen LogP contribution in [0.1, 0.15) is 106 Å². The zero-order chi connectivity index (χ0) is 38.8. The summed E-state index contributed by atoms with van der Waals surface area (Å²) < 4.78 is 38.5. The summed E-state index contributed by atoms with van der Waals surface area (Å²) in [7, 11) is -0.653. The lowest BCUT2D eigenvalue weighted by atomic mass is 9.43. The third kappa shape index (κ3) is 7.77. The summed E-state index contributed by atoms with van der Waals surface area (Å²) in [4.78, 5) is 58.2. The number of alkyl carbamates (subject to hydrolysis) is 1. The number of ether oxygens (including phenoxy) is 2. The molecule has 2 saturated heterocycles. The van der Waals surface area contributed by atoms with Crippen LogP contribution in [0.4, 0.5) is 14.0 Å². The maximum Gasteiger partial charge on any atom is 0.481 e. The van der Waals surface area contributed by atoms with Crippen LogP contribution in [0.15, 0.2) is 18.2 Å². The molecule has 14 heteroatoms. The Bertz CT molecular complexity index is 1610. The van der Waals surface area contributed by atoms with Crippen LogP contribution in [0.2, 0.25) is 0 Å². The van der Waals surface area contributed by atoms with Gasteiger partial charge in [-0.25, -0.2) is 14.0 Å². The molecule has 3 aliphatic carbocycles. The molecule has 1 aromatic carbocycles. The van der Waals surface area contributed by atoms with Crippen LogP contribution in [-0.2, 0) is 41.3 Å². The van der Waals surface area contributed by atoms with Gasteiger partial charge in [-0.2, -0.15) is 0 Å². The van der Waals surface area contributed by atoms with Gasteiger partial charge < -0.3 is 39.2 Å². The zero-order valence-electron chi connectivity index (χ0n) is 33.0. The molecule has 2 bridgehead atoms. The van der Waals surface area contributed by atoms with Gasteiger partial charge in [-0.3, -0.25) is 9.59 Å². The first-order valence-electron chi connectivity index (χ1n) is 19.3. The van der Waals surface area contributed by atoms with Gasteiger partial charge in [0.25, 0.3) is 0 Å². The fourth-order valence-electron chi connectivity index (χ4n) is 9.22. The lowest BCUT2D eigenvalue weighted by Gasteiger charge is -2.64. The number of benzene rings is 1. The third-order valence-corrected chi connectivity index (χ3v) is 12.4. The van der Waals surface area contributed by atoms with Crippen molar-refractivity contribution in [3.63, 3.8) is 0 Å². The number of hydrogen-bond donors (Lipinski definition) is 2. The van der Waals surface area contributed by atoms with Crippen molar-refractivity contribution in [3.05, 3.63) is 35.1 Å². The fourth-order valence-corrected chi connectivity index (χ4v) is 9.22. The number of amides is 4. The highest BCUT2D eigenvalue weighted by atomic mass is 19.1. The maximum absolute atomic E-state index is 14.5. The molecule has 4 amide bonds. The van der Waals surface area contributed by atoms with Gasteiger partial charge >= 0.3 is 19.3 Å². The predicted octanol–water partition coefficient (Wildman–Crippen LogP) is 5.39. The largest absolute Gasteiger partial charge is 0.481 e. The van der Waals surface area contributed by atoms with Crippen LogP contribution >= 0.6 is 0 Å². The molecule has 1 aromatic rings. The Balaban J connectivity index is 1.20. The second kappa shape index (κ2) is 14.0. The molecule has 0 spiro atoms. The van der Waals surface area contributed by atoms with Gasteiger partial charge in [0, 0.05) is 19.5 Å². The monoisotopic (exact) mass is 740 g/mol. The zero-order valence-corrected chi connectivity index (χ0v) is 33.0. The summed E-state index contributed by atoms with van der Waals surface area (Å²) in [6.45, 7) is 19.9. The third-order valence-electron chi connectivity index (χ3n) is 12.4. The summed E-state index contributed by atoms with van der Waals surface area (Å²) >= 11 is 0. The van der Waals surface area contributed by atoms with Gasteiger partial charge in [0.05, 0.1) is 24.2 Å². The van der Waals surface area contributed by atoms with E-state index in [1.165, 1.54) is 17.0 Å². The molecule has 53 heavy (non-hydrogen) atoms. The molecule has 3 aliphatic heterocycles.